The van der Waals surface area contributed by atoms with Gasteiger partial charge in [-0.3, -0.25) is 4.79 Å². The molecule has 1 saturated heterocycles. The van der Waals surface area contributed by atoms with Gasteiger partial charge in [-0.1, -0.05) is 23.8 Å². The van der Waals surface area contributed by atoms with Gasteiger partial charge in [0, 0.05) is 13.1 Å². The first-order valence-electron chi connectivity index (χ1n) is 6.32. The average molecular weight is 262 g/mol. The van der Waals surface area contributed by atoms with E-state index in [2.05, 4.69) is 11.4 Å². The number of amides is 2. The minimum atomic E-state index is -0.886. The van der Waals surface area contributed by atoms with Crippen molar-refractivity contribution < 1.29 is 14.7 Å². The van der Waals surface area contributed by atoms with Crippen LogP contribution in [0.3, 0.4) is 0 Å². The van der Waals surface area contributed by atoms with Crippen molar-refractivity contribution in [3.8, 4) is 0 Å². The molecule has 1 atom stereocenters. The number of nitrogens with zero attached hydrogens (tertiary/aromatic N) is 1. The third kappa shape index (κ3) is 3.05. The van der Waals surface area contributed by atoms with Gasteiger partial charge in [0.2, 0.25) is 0 Å². The molecule has 2 rings (SSSR count). The standard InChI is InChI=1S/C14H18N2O3/c1-9-3-4-11(10(2)7-9)12-8-16(14(19)15-12)6-5-13(17)18/h3-4,7,12H,5-6,8H2,1-2H3,(H,15,19)(H,17,18). The second-order valence-corrected chi connectivity index (χ2v) is 4.95. The molecule has 2 N–H and O–H groups in total. The number of aliphatic carboxylic acids is 1. The van der Waals surface area contributed by atoms with Crippen LogP contribution < -0.4 is 5.32 Å². The Morgan fingerprint density at radius 1 is 1.47 bits per heavy atom. The van der Waals surface area contributed by atoms with E-state index < -0.39 is 5.97 Å². The second kappa shape index (κ2) is 5.30. The first-order chi connectivity index (χ1) is 8.97. The molecule has 1 aliphatic heterocycles. The molecule has 0 bridgehead atoms. The highest BCUT2D eigenvalue weighted by Gasteiger charge is 2.30. The van der Waals surface area contributed by atoms with Crippen molar-refractivity contribution in [1.82, 2.24) is 10.2 Å². The summed E-state index contributed by atoms with van der Waals surface area (Å²) in [5.41, 5.74) is 3.43. The minimum absolute atomic E-state index is 0.0208. The lowest BCUT2D eigenvalue weighted by Crippen LogP contribution is -2.30. The maximum Gasteiger partial charge on any atom is 0.318 e. The summed E-state index contributed by atoms with van der Waals surface area (Å²) < 4.78 is 0. The molecule has 0 spiro atoms. The Bertz CT molecular complexity index is 513. The van der Waals surface area contributed by atoms with E-state index in [0.29, 0.717) is 6.54 Å². The topological polar surface area (TPSA) is 69.6 Å². The molecule has 5 heteroatoms. The Hall–Kier alpha value is -2.04. The molecule has 5 nitrogen and oxygen atoms in total. The maximum absolute atomic E-state index is 11.8. The molecule has 102 valence electrons. The second-order valence-electron chi connectivity index (χ2n) is 4.95. The molecule has 0 aromatic heterocycles. The zero-order chi connectivity index (χ0) is 14.0. The number of aryl methyl sites for hydroxylation is 2. The number of hydrogen-bond donors (Lipinski definition) is 2. The van der Waals surface area contributed by atoms with Gasteiger partial charge in [-0.05, 0) is 25.0 Å². The summed E-state index contributed by atoms with van der Waals surface area (Å²) in [5.74, 6) is -0.886. The summed E-state index contributed by atoms with van der Waals surface area (Å²) in [7, 11) is 0. The monoisotopic (exact) mass is 262 g/mol. The lowest BCUT2D eigenvalue weighted by atomic mass is 10.00. The number of carbonyl (C=O) groups excluding carboxylic acids is 1. The van der Waals surface area contributed by atoms with Crippen LogP contribution >= 0.6 is 0 Å². The van der Waals surface area contributed by atoms with Crippen LogP contribution in [0.2, 0.25) is 0 Å². The van der Waals surface area contributed by atoms with Gasteiger partial charge in [-0.25, -0.2) is 4.79 Å². The van der Waals surface area contributed by atoms with Gasteiger partial charge in [-0.15, -0.1) is 0 Å². The Labute approximate surface area is 112 Å². The summed E-state index contributed by atoms with van der Waals surface area (Å²) in [5, 5.41) is 11.6. The predicted octanol–water partition coefficient (Wildman–Crippen LogP) is 1.84. The van der Waals surface area contributed by atoms with Gasteiger partial charge in [-0.2, -0.15) is 0 Å². The fraction of sp³-hybridized carbons (Fsp3) is 0.429. The molecule has 0 saturated carbocycles. The normalized spacial score (nSPS) is 18.5. The number of carboxylic acid groups (broad SMARTS) is 1. The van der Waals surface area contributed by atoms with Crippen molar-refractivity contribution in [2.45, 2.75) is 26.3 Å². The lowest BCUT2D eigenvalue weighted by molar-refractivity contribution is -0.137. The van der Waals surface area contributed by atoms with E-state index in [1.165, 1.54) is 5.56 Å². The van der Waals surface area contributed by atoms with Crippen LogP contribution in [0.1, 0.15) is 29.2 Å². The summed E-state index contributed by atoms with van der Waals surface area (Å²) in [4.78, 5) is 23.9. The molecular weight excluding hydrogens is 244 g/mol. The van der Waals surface area contributed by atoms with E-state index in [1.54, 1.807) is 4.90 Å². The van der Waals surface area contributed by atoms with Crippen LogP contribution in [0.4, 0.5) is 4.79 Å². The van der Waals surface area contributed by atoms with Crippen molar-refractivity contribution in [2.75, 3.05) is 13.1 Å². The van der Waals surface area contributed by atoms with Gasteiger partial charge in [0.25, 0.3) is 0 Å². The molecule has 1 heterocycles. The Balaban J connectivity index is 2.07. The Kier molecular flexibility index (Phi) is 3.74. The molecule has 1 fully saturated rings. The number of carboxylic acids is 1. The van der Waals surface area contributed by atoms with Crippen LogP contribution in [-0.2, 0) is 4.79 Å². The van der Waals surface area contributed by atoms with Crippen LogP contribution in [0, 0.1) is 13.8 Å². The number of rotatable bonds is 4. The van der Waals surface area contributed by atoms with Crippen molar-refractivity contribution in [2.24, 2.45) is 0 Å². The zero-order valence-electron chi connectivity index (χ0n) is 11.1. The number of nitrogens with one attached hydrogen (secondary N) is 1. The Morgan fingerprint density at radius 3 is 2.84 bits per heavy atom. The Morgan fingerprint density at radius 2 is 2.21 bits per heavy atom. The highest BCUT2D eigenvalue weighted by atomic mass is 16.4. The molecule has 0 aliphatic carbocycles. The van der Waals surface area contributed by atoms with E-state index in [-0.39, 0.29) is 25.0 Å². The van der Waals surface area contributed by atoms with Crippen LogP contribution in [0.25, 0.3) is 0 Å². The van der Waals surface area contributed by atoms with Gasteiger partial charge in [0.05, 0.1) is 12.5 Å². The molecule has 1 aromatic rings. The summed E-state index contributed by atoms with van der Waals surface area (Å²) >= 11 is 0. The third-order valence-corrected chi connectivity index (χ3v) is 3.38. The van der Waals surface area contributed by atoms with Crippen molar-refractivity contribution in [1.29, 1.82) is 0 Å². The summed E-state index contributed by atoms with van der Waals surface area (Å²) in [6.07, 6.45) is -0.0208. The molecule has 19 heavy (non-hydrogen) atoms. The van der Waals surface area contributed by atoms with Gasteiger partial charge < -0.3 is 15.3 Å². The highest BCUT2D eigenvalue weighted by molar-refractivity contribution is 5.78. The van der Waals surface area contributed by atoms with Crippen molar-refractivity contribution in [3.63, 3.8) is 0 Å². The molecular formula is C14H18N2O3. The first-order valence-corrected chi connectivity index (χ1v) is 6.32. The molecule has 1 unspecified atom stereocenters. The minimum Gasteiger partial charge on any atom is -0.481 e. The zero-order valence-corrected chi connectivity index (χ0v) is 11.1. The fourth-order valence-electron chi connectivity index (χ4n) is 2.41. The summed E-state index contributed by atoms with van der Waals surface area (Å²) in [6.45, 7) is 4.83. The predicted molar refractivity (Wildman–Crippen MR) is 71.0 cm³/mol. The van der Waals surface area contributed by atoms with E-state index in [9.17, 15) is 9.59 Å². The molecule has 1 aliphatic rings. The van der Waals surface area contributed by atoms with Crippen LogP contribution in [0.5, 0.6) is 0 Å². The van der Waals surface area contributed by atoms with Gasteiger partial charge in [0.15, 0.2) is 0 Å². The van der Waals surface area contributed by atoms with Gasteiger partial charge >= 0.3 is 12.0 Å². The largest absolute Gasteiger partial charge is 0.481 e. The van der Waals surface area contributed by atoms with E-state index >= 15 is 0 Å². The van der Waals surface area contributed by atoms with E-state index in [4.69, 9.17) is 5.11 Å². The highest BCUT2D eigenvalue weighted by Crippen LogP contribution is 2.24. The smallest absolute Gasteiger partial charge is 0.318 e. The number of carbonyl (C=O) groups is 2. The van der Waals surface area contributed by atoms with Crippen LogP contribution in [0.15, 0.2) is 18.2 Å². The first kappa shape index (κ1) is 13.4. The average Bonchev–Trinajstić information content (AvgIpc) is 2.67. The van der Waals surface area contributed by atoms with Crippen LogP contribution in [-0.4, -0.2) is 35.1 Å². The quantitative estimate of drug-likeness (QED) is 0.870. The molecule has 1 aromatic carbocycles. The number of urea groups is 1. The molecule has 2 amide bonds. The van der Waals surface area contributed by atoms with E-state index in [1.807, 2.05) is 26.0 Å². The molecule has 0 radical (unpaired) electrons. The fourth-order valence-corrected chi connectivity index (χ4v) is 2.41. The van der Waals surface area contributed by atoms with E-state index in [0.717, 1.165) is 11.1 Å². The van der Waals surface area contributed by atoms with Gasteiger partial charge in [0.1, 0.15) is 0 Å². The van der Waals surface area contributed by atoms with Crippen molar-refractivity contribution >= 4 is 12.0 Å². The SMILES string of the molecule is Cc1ccc(C2CN(CCC(=O)O)C(=O)N2)c(C)c1. The number of hydrogen-bond acceptors (Lipinski definition) is 2. The van der Waals surface area contributed by atoms with Crippen molar-refractivity contribution in [3.05, 3.63) is 34.9 Å². The lowest BCUT2D eigenvalue weighted by Gasteiger charge is -2.15. The third-order valence-electron chi connectivity index (χ3n) is 3.38. The maximum atomic E-state index is 11.8. The number of benzene rings is 1. The summed E-state index contributed by atoms with van der Waals surface area (Å²) in [6, 6.07) is 5.89.